The van der Waals surface area contributed by atoms with E-state index in [0.717, 1.165) is 43.9 Å². The van der Waals surface area contributed by atoms with E-state index in [9.17, 15) is 9.90 Å². The number of carbonyl (C=O) groups is 1. The van der Waals surface area contributed by atoms with Gasteiger partial charge in [-0.05, 0) is 85.9 Å². The van der Waals surface area contributed by atoms with Crippen LogP contribution in [-0.2, 0) is 4.79 Å². The summed E-state index contributed by atoms with van der Waals surface area (Å²) >= 11 is 0. The van der Waals surface area contributed by atoms with Crippen molar-refractivity contribution >= 4 is 5.78 Å². The van der Waals surface area contributed by atoms with Gasteiger partial charge in [-0.15, -0.1) is 0 Å². The van der Waals surface area contributed by atoms with Crippen molar-refractivity contribution in [2.45, 2.75) is 90.6 Å². The average molecular weight is 319 g/mol. The summed E-state index contributed by atoms with van der Waals surface area (Å²) in [7, 11) is 0. The molecule has 4 rings (SSSR count). The first-order chi connectivity index (χ1) is 10.8. The van der Waals surface area contributed by atoms with Crippen molar-refractivity contribution in [3.05, 3.63) is 0 Å². The lowest BCUT2D eigenvalue weighted by molar-refractivity contribution is -0.157. The Morgan fingerprint density at radius 3 is 2.52 bits per heavy atom. The molecule has 4 aliphatic rings. The molecule has 1 N–H and O–H groups in total. The van der Waals surface area contributed by atoms with Crippen molar-refractivity contribution in [1.29, 1.82) is 0 Å². The zero-order valence-corrected chi connectivity index (χ0v) is 15.2. The molecule has 23 heavy (non-hydrogen) atoms. The molecule has 4 fully saturated rings. The molecular formula is C21H34O2. The summed E-state index contributed by atoms with van der Waals surface area (Å²) in [5, 5.41) is 11.2. The molecule has 0 unspecified atom stereocenters. The molecule has 0 spiro atoms. The highest BCUT2D eigenvalue weighted by Gasteiger charge is 2.63. The van der Waals surface area contributed by atoms with Crippen LogP contribution in [0.5, 0.6) is 0 Å². The normalized spacial score (nSPS) is 55.9. The van der Waals surface area contributed by atoms with E-state index in [1.807, 2.05) is 0 Å². The van der Waals surface area contributed by atoms with Crippen LogP contribution in [0.3, 0.4) is 0 Å². The number of ketones is 1. The van der Waals surface area contributed by atoms with Gasteiger partial charge in [-0.2, -0.15) is 0 Å². The molecular weight excluding hydrogens is 284 g/mol. The van der Waals surface area contributed by atoms with Crippen LogP contribution in [-0.4, -0.2) is 16.5 Å². The van der Waals surface area contributed by atoms with Crippen LogP contribution in [0.1, 0.15) is 85.0 Å². The van der Waals surface area contributed by atoms with Gasteiger partial charge in [0.25, 0.3) is 0 Å². The van der Waals surface area contributed by atoms with Crippen LogP contribution in [0.2, 0.25) is 0 Å². The molecule has 0 heterocycles. The van der Waals surface area contributed by atoms with Crippen LogP contribution in [0.15, 0.2) is 0 Å². The summed E-state index contributed by atoms with van der Waals surface area (Å²) in [6.07, 6.45) is 11.0. The standard InChI is InChI=1S/C21H34O2/c1-4-21(23)12-9-18-16-6-5-14-13-15(22)7-10-19(14,2)17(16)8-11-20(18,21)3/h14,16-18,23H,4-13H2,1-3H3/t14-,16-,17-,18-,19-,20+,21-/m0/s1. The Kier molecular flexibility index (Phi) is 3.55. The second kappa shape index (κ2) is 5.07. The van der Waals surface area contributed by atoms with Crippen LogP contribution < -0.4 is 0 Å². The maximum atomic E-state index is 11.9. The van der Waals surface area contributed by atoms with Crippen molar-refractivity contribution < 1.29 is 9.90 Å². The van der Waals surface area contributed by atoms with Gasteiger partial charge in [-0.3, -0.25) is 4.79 Å². The van der Waals surface area contributed by atoms with Gasteiger partial charge < -0.3 is 5.11 Å². The smallest absolute Gasteiger partial charge is 0.133 e. The lowest BCUT2D eigenvalue weighted by atomic mass is 9.44. The molecule has 2 heteroatoms. The van der Waals surface area contributed by atoms with Crippen molar-refractivity contribution in [2.24, 2.45) is 34.5 Å². The minimum absolute atomic E-state index is 0.136. The highest BCUT2D eigenvalue weighted by molar-refractivity contribution is 5.79. The van der Waals surface area contributed by atoms with Crippen LogP contribution in [0, 0.1) is 34.5 Å². The second-order valence-electron chi connectivity index (χ2n) is 9.78. The van der Waals surface area contributed by atoms with Crippen LogP contribution in [0.25, 0.3) is 0 Å². The first-order valence-electron chi connectivity index (χ1n) is 10.1. The maximum Gasteiger partial charge on any atom is 0.133 e. The van der Waals surface area contributed by atoms with Gasteiger partial charge in [-0.25, -0.2) is 0 Å². The van der Waals surface area contributed by atoms with E-state index in [2.05, 4.69) is 20.8 Å². The number of hydrogen-bond donors (Lipinski definition) is 1. The van der Waals surface area contributed by atoms with Gasteiger partial charge in [0, 0.05) is 12.8 Å². The highest BCUT2D eigenvalue weighted by atomic mass is 16.3. The Morgan fingerprint density at radius 2 is 1.78 bits per heavy atom. The molecule has 7 atom stereocenters. The van der Waals surface area contributed by atoms with Crippen molar-refractivity contribution in [2.75, 3.05) is 0 Å². The molecule has 0 aromatic carbocycles. The quantitative estimate of drug-likeness (QED) is 0.758. The average Bonchev–Trinajstić information content (AvgIpc) is 2.80. The third-order valence-electron chi connectivity index (χ3n) is 9.39. The predicted octanol–water partition coefficient (Wildman–Crippen LogP) is 4.74. The number of carbonyl (C=O) groups excluding carboxylic acids is 1. The summed E-state index contributed by atoms with van der Waals surface area (Å²) in [5.74, 6) is 3.45. The summed E-state index contributed by atoms with van der Waals surface area (Å²) < 4.78 is 0. The van der Waals surface area contributed by atoms with Crippen molar-refractivity contribution in [1.82, 2.24) is 0 Å². The van der Waals surface area contributed by atoms with Crippen molar-refractivity contribution in [3.63, 3.8) is 0 Å². The largest absolute Gasteiger partial charge is 0.389 e. The highest BCUT2D eigenvalue weighted by Crippen LogP contribution is 2.68. The van der Waals surface area contributed by atoms with Gasteiger partial charge in [0.15, 0.2) is 0 Å². The van der Waals surface area contributed by atoms with Crippen LogP contribution in [0.4, 0.5) is 0 Å². The van der Waals surface area contributed by atoms with E-state index in [1.165, 1.54) is 32.1 Å². The molecule has 130 valence electrons. The molecule has 2 nitrogen and oxygen atoms in total. The SMILES string of the molecule is CC[C@]1(O)CC[C@H]2[C@H]3CC[C@H]4CC(=O)CC[C@]4(C)[C@H]3CC[C@]21C. The van der Waals surface area contributed by atoms with E-state index >= 15 is 0 Å². The minimum atomic E-state index is -0.428. The molecule has 0 saturated heterocycles. The lowest BCUT2D eigenvalue weighted by Gasteiger charge is -2.61. The molecule has 4 saturated carbocycles. The number of fused-ring (bicyclic) bond motifs is 5. The number of hydrogen-bond acceptors (Lipinski definition) is 2. The molecule has 0 amide bonds. The summed E-state index contributed by atoms with van der Waals surface area (Å²) in [4.78, 5) is 11.9. The fraction of sp³-hybridized carbons (Fsp3) is 0.952. The first-order valence-corrected chi connectivity index (χ1v) is 10.1. The van der Waals surface area contributed by atoms with E-state index < -0.39 is 5.60 Å². The van der Waals surface area contributed by atoms with E-state index in [4.69, 9.17) is 0 Å². The van der Waals surface area contributed by atoms with Crippen LogP contribution >= 0.6 is 0 Å². The zero-order valence-electron chi connectivity index (χ0n) is 15.2. The molecule has 0 bridgehead atoms. The number of aliphatic hydroxyl groups is 1. The fourth-order valence-corrected chi connectivity index (χ4v) is 7.74. The van der Waals surface area contributed by atoms with E-state index in [-0.39, 0.29) is 5.41 Å². The lowest BCUT2D eigenvalue weighted by Crippen LogP contribution is -2.56. The Hall–Kier alpha value is -0.370. The molecule has 0 aliphatic heterocycles. The van der Waals surface area contributed by atoms with E-state index in [0.29, 0.717) is 23.0 Å². The Labute approximate surface area is 141 Å². The number of Topliss-reactive ketones (excluding diaryl/α,β-unsaturated/α-hetero) is 1. The Bertz CT molecular complexity index is 514. The zero-order chi connectivity index (χ0) is 16.5. The molecule has 0 aromatic heterocycles. The molecule has 0 radical (unpaired) electrons. The Morgan fingerprint density at radius 1 is 1.04 bits per heavy atom. The third-order valence-corrected chi connectivity index (χ3v) is 9.39. The summed E-state index contributed by atoms with van der Waals surface area (Å²) in [5.41, 5.74) is 0.102. The monoisotopic (exact) mass is 318 g/mol. The summed E-state index contributed by atoms with van der Waals surface area (Å²) in [6.45, 7) is 7.07. The van der Waals surface area contributed by atoms with Gasteiger partial charge in [-0.1, -0.05) is 20.8 Å². The minimum Gasteiger partial charge on any atom is -0.389 e. The van der Waals surface area contributed by atoms with E-state index in [1.54, 1.807) is 0 Å². The van der Waals surface area contributed by atoms with Gasteiger partial charge in [0.2, 0.25) is 0 Å². The number of rotatable bonds is 1. The maximum absolute atomic E-state index is 11.9. The van der Waals surface area contributed by atoms with Gasteiger partial charge in [0.05, 0.1) is 5.60 Å². The van der Waals surface area contributed by atoms with Gasteiger partial charge >= 0.3 is 0 Å². The third kappa shape index (κ3) is 2.00. The van der Waals surface area contributed by atoms with Gasteiger partial charge in [0.1, 0.15) is 5.78 Å². The fourth-order valence-electron chi connectivity index (χ4n) is 7.74. The van der Waals surface area contributed by atoms with Crippen molar-refractivity contribution in [3.8, 4) is 0 Å². The second-order valence-corrected chi connectivity index (χ2v) is 9.78. The first kappa shape index (κ1) is 16.1. The topological polar surface area (TPSA) is 37.3 Å². The Balaban J connectivity index is 1.64. The summed E-state index contributed by atoms with van der Waals surface area (Å²) in [6, 6.07) is 0. The molecule has 4 aliphatic carbocycles. The molecule has 0 aromatic rings. The predicted molar refractivity (Wildman–Crippen MR) is 92.0 cm³/mol.